The number of carbonyl (C=O) groups excluding carboxylic acids is 1. The molecule has 23 heavy (non-hydrogen) atoms. The van der Waals surface area contributed by atoms with Crippen molar-refractivity contribution in [3.05, 3.63) is 59.5 Å². The van der Waals surface area contributed by atoms with E-state index in [1.54, 1.807) is 12.4 Å². The van der Waals surface area contributed by atoms with E-state index in [0.29, 0.717) is 5.69 Å². The molecule has 0 aliphatic rings. The molecule has 1 amide bonds. The van der Waals surface area contributed by atoms with E-state index in [1.165, 1.54) is 0 Å². The first-order valence-electron chi connectivity index (χ1n) is 7.46. The Hall–Kier alpha value is -2.89. The number of rotatable bonds is 4. The van der Waals surface area contributed by atoms with Crippen LogP contribution in [0.3, 0.4) is 0 Å². The number of anilines is 1. The average Bonchev–Trinajstić information content (AvgIpc) is 3.16. The van der Waals surface area contributed by atoms with E-state index < -0.39 is 0 Å². The predicted molar refractivity (Wildman–Crippen MR) is 86.9 cm³/mol. The topological polar surface area (TPSA) is 73.0 Å². The lowest BCUT2D eigenvalue weighted by atomic mass is 10.2. The minimum atomic E-state index is -0.306. The molecule has 6 heteroatoms. The van der Waals surface area contributed by atoms with Gasteiger partial charge >= 0.3 is 0 Å². The third-order valence-corrected chi connectivity index (χ3v) is 3.80. The molecule has 0 bridgehead atoms. The third kappa shape index (κ3) is 3.01. The Morgan fingerprint density at radius 1 is 1.26 bits per heavy atom. The SMILES string of the molecule is CCc1cc(C(=O)Nc2ccc(-n3cnc(C)c3C)cc2)on1. The summed E-state index contributed by atoms with van der Waals surface area (Å²) in [6, 6.07) is 9.21. The first-order valence-corrected chi connectivity index (χ1v) is 7.46. The van der Waals surface area contributed by atoms with Crippen LogP contribution in [0.1, 0.15) is 34.6 Å². The normalized spacial score (nSPS) is 10.7. The molecule has 2 heterocycles. The number of aryl methyl sites for hydroxylation is 2. The molecular formula is C17H18N4O2. The van der Waals surface area contributed by atoms with Gasteiger partial charge in [0.05, 0.1) is 17.7 Å². The molecule has 0 fully saturated rings. The molecule has 3 aromatic rings. The van der Waals surface area contributed by atoms with Crippen LogP contribution in [0, 0.1) is 13.8 Å². The van der Waals surface area contributed by atoms with E-state index in [9.17, 15) is 4.79 Å². The molecule has 0 aliphatic heterocycles. The van der Waals surface area contributed by atoms with Gasteiger partial charge in [0, 0.05) is 23.1 Å². The summed E-state index contributed by atoms with van der Waals surface area (Å²) in [6.07, 6.45) is 2.52. The Balaban J connectivity index is 1.74. The van der Waals surface area contributed by atoms with E-state index in [4.69, 9.17) is 4.52 Å². The summed E-state index contributed by atoms with van der Waals surface area (Å²) < 4.78 is 7.03. The lowest BCUT2D eigenvalue weighted by Crippen LogP contribution is -2.10. The van der Waals surface area contributed by atoms with Crippen LogP contribution in [-0.2, 0) is 6.42 Å². The van der Waals surface area contributed by atoms with Crippen LogP contribution in [0.2, 0.25) is 0 Å². The molecule has 6 nitrogen and oxygen atoms in total. The summed E-state index contributed by atoms with van der Waals surface area (Å²) in [5.41, 5.74) is 4.54. The van der Waals surface area contributed by atoms with Crippen molar-refractivity contribution >= 4 is 11.6 Å². The number of carbonyl (C=O) groups is 1. The van der Waals surface area contributed by atoms with Gasteiger partial charge in [0.15, 0.2) is 0 Å². The molecule has 1 aromatic carbocycles. The maximum Gasteiger partial charge on any atom is 0.294 e. The van der Waals surface area contributed by atoms with E-state index in [0.717, 1.165) is 29.2 Å². The summed E-state index contributed by atoms with van der Waals surface area (Å²) in [5.74, 6) is -0.0911. The zero-order valence-corrected chi connectivity index (χ0v) is 13.3. The fourth-order valence-electron chi connectivity index (χ4n) is 2.24. The number of hydrogen-bond donors (Lipinski definition) is 1. The van der Waals surface area contributed by atoms with Crippen molar-refractivity contribution in [2.24, 2.45) is 0 Å². The highest BCUT2D eigenvalue weighted by atomic mass is 16.5. The van der Waals surface area contributed by atoms with Gasteiger partial charge in [-0.15, -0.1) is 0 Å². The van der Waals surface area contributed by atoms with Crippen molar-refractivity contribution in [3.8, 4) is 5.69 Å². The molecule has 0 spiro atoms. The van der Waals surface area contributed by atoms with Crippen molar-refractivity contribution in [2.45, 2.75) is 27.2 Å². The van der Waals surface area contributed by atoms with E-state index >= 15 is 0 Å². The summed E-state index contributed by atoms with van der Waals surface area (Å²) in [7, 11) is 0. The Labute approximate surface area is 134 Å². The van der Waals surface area contributed by atoms with Gasteiger partial charge in [-0.05, 0) is 44.5 Å². The van der Waals surface area contributed by atoms with E-state index in [-0.39, 0.29) is 11.7 Å². The summed E-state index contributed by atoms with van der Waals surface area (Å²) in [5, 5.41) is 6.61. The molecular weight excluding hydrogens is 292 g/mol. The van der Waals surface area contributed by atoms with Gasteiger partial charge in [0.2, 0.25) is 5.76 Å². The standard InChI is InChI=1S/C17H18N4O2/c1-4-13-9-16(23-20-13)17(22)19-14-5-7-15(8-6-14)21-10-18-11(2)12(21)3/h5-10H,4H2,1-3H3,(H,19,22). The van der Waals surface area contributed by atoms with E-state index in [2.05, 4.69) is 15.5 Å². The van der Waals surface area contributed by atoms with Gasteiger partial charge in [-0.1, -0.05) is 12.1 Å². The maximum absolute atomic E-state index is 12.1. The molecule has 0 radical (unpaired) electrons. The second-order valence-electron chi connectivity index (χ2n) is 5.32. The van der Waals surface area contributed by atoms with Crippen LogP contribution in [0.4, 0.5) is 5.69 Å². The smallest absolute Gasteiger partial charge is 0.294 e. The summed E-state index contributed by atoms with van der Waals surface area (Å²) in [4.78, 5) is 16.4. The monoisotopic (exact) mass is 310 g/mol. The second-order valence-corrected chi connectivity index (χ2v) is 5.32. The molecule has 0 saturated heterocycles. The average molecular weight is 310 g/mol. The highest BCUT2D eigenvalue weighted by Crippen LogP contribution is 2.17. The van der Waals surface area contributed by atoms with Crippen molar-refractivity contribution in [1.29, 1.82) is 0 Å². The zero-order chi connectivity index (χ0) is 16.4. The lowest BCUT2D eigenvalue weighted by Gasteiger charge is -2.07. The van der Waals surface area contributed by atoms with Gasteiger partial charge in [0.1, 0.15) is 0 Å². The number of nitrogens with zero attached hydrogens (tertiary/aromatic N) is 3. The Morgan fingerprint density at radius 3 is 2.57 bits per heavy atom. The van der Waals surface area contributed by atoms with Crippen molar-refractivity contribution in [1.82, 2.24) is 14.7 Å². The summed E-state index contributed by atoms with van der Waals surface area (Å²) in [6.45, 7) is 5.95. The highest BCUT2D eigenvalue weighted by Gasteiger charge is 2.12. The molecule has 0 saturated carbocycles. The van der Waals surface area contributed by atoms with Crippen LogP contribution in [0.25, 0.3) is 5.69 Å². The maximum atomic E-state index is 12.1. The van der Waals surface area contributed by atoms with Crippen LogP contribution in [0.5, 0.6) is 0 Å². The largest absolute Gasteiger partial charge is 0.351 e. The van der Waals surface area contributed by atoms with Crippen LogP contribution >= 0.6 is 0 Å². The second kappa shape index (κ2) is 6.08. The number of hydrogen-bond acceptors (Lipinski definition) is 4. The number of aromatic nitrogens is 3. The minimum Gasteiger partial charge on any atom is -0.351 e. The number of benzene rings is 1. The molecule has 0 unspecified atom stereocenters. The zero-order valence-electron chi connectivity index (χ0n) is 13.3. The van der Waals surface area contributed by atoms with Gasteiger partial charge in [-0.2, -0.15) is 0 Å². The Morgan fingerprint density at radius 2 is 2.00 bits per heavy atom. The number of amides is 1. The fraction of sp³-hybridized carbons (Fsp3) is 0.235. The van der Waals surface area contributed by atoms with Crippen LogP contribution < -0.4 is 5.32 Å². The molecule has 0 atom stereocenters. The van der Waals surface area contributed by atoms with Gasteiger partial charge in [0.25, 0.3) is 5.91 Å². The molecule has 2 aromatic heterocycles. The first kappa shape index (κ1) is 15.0. The number of nitrogens with one attached hydrogen (secondary N) is 1. The molecule has 1 N–H and O–H groups in total. The Kier molecular flexibility index (Phi) is 3.97. The van der Waals surface area contributed by atoms with Crippen LogP contribution in [-0.4, -0.2) is 20.6 Å². The van der Waals surface area contributed by atoms with Crippen LogP contribution in [0.15, 0.2) is 41.2 Å². The van der Waals surface area contributed by atoms with Gasteiger partial charge in [-0.3, -0.25) is 4.79 Å². The van der Waals surface area contributed by atoms with Gasteiger partial charge in [-0.25, -0.2) is 4.98 Å². The molecule has 118 valence electrons. The predicted octanol–water partition coefficient (Wildman–Crippen LogP) is 3.29. The quantitative estimate of drug-likeness (QED) is 0.802. The van der Waals surface area contributed by atoms with Crippen molar-refractivity contribution < 1.29 is 9.32 Å². The van der Waals surface area contributed by atoms with E-state index in [1.807, 2.05) is 49.6 Å². The van der Waals surface area contributed by atoms with Crippen molar-refractivity contribution in [2.75, 3.05) is 5.32 Å². The Bertz CT molecular complexity index is 831. The fourth-order valence-corrected chi connectivity index (χ4v) is 2.24. The molecule has 3 rings (SSSR count). The number of imidazole rings is 1. The van der Waals surface area contributed by atoms with Gasteiger partial charge < -0.3 is 14.4 Å². The summed E-state index contributed by atoms with van der Waals surface area (Å²) >= 11 is 0. The first-order chi connectivity index (χ1) is 11.1. The minimum absolute atomic E-state index is 0.215. The molecule has 0 aliphatic carbocycles. The third-order valence-electron chi connectivity index (χ3n) is 3.80. The lowest BCUT2D eigenvalue weighted by molar-refractivity contribution is 0.0988. The highest BCUT2D eigenvalue weighted by molar-refractivity contribution is 6.02. The van der Waals surface area contributed by atoms with Crippen molar-refractivity contribution in [3.63, 3.8) is 0 Å².